The van der Waals surface area contributed by atoms with Crippen molar-refractivity contribution in [1.82, 2.24) is 10.2 Å². The van der Waals surface area contributed by atoms with E-state index >= 15 is 0 Å². The minimum Gasteiger partial charge on any atom is -0.369 e. The third-order valence-electron chi connectivity index (χ3n) is 6.23. The highest BCUT2D eigenvalue weighted by molar-refractivity contribution is 5.91. The second kappa shape index (κ2) is 7.59. The molecule has 1 heterocycles. The van der Waals surface area contributed by atoms with E-state index in [9.17, 15) is 4.79 Å². The Morgan fingerprint density at radius 1 is 1.00 bits per heavy atom. The van der Waals surface area contributed by atoms with Gasteiger partial charge in [-0.1, -0.05) is 47.5 Å². The lowest BCUT2D eigenvalue weighted by Gasteiger charge is -2.35. The molecule has 1 aliphatic carbocycles. The lowest BCUT2D eigenvalue weighted by Crippen LogP contribution is -2.45. The summed E-state index contributed by atoms with van der Waals surface area (Å²) in [5.74, 6) is 0.172. The minimum absolute atomic E-state index is 0.172. The molecule has 28 heavy (non-hydrogen) atoms. The van der Waals surface area contributed by atoms with Gasteiger partial charge in [-0.2, -0.15) is 0 Å². The van der Waals surface area contributed by atoms with Crippen LogP contribution in [-0.4, -0.2) is 44.0 Å². The van der Waals surface area contributed by atoms with Gasteiger partial charge >= 0.3 is 0 Å². The van der Waals surface area contributed by atoms with E-state index in [1.807, 2.05) is 0 Å². The van der Waals surface area contributed by atoms with Crippen molar-refractivity contribution in [2.45, 2.75) is 38.6 Å². The van der Waals surface area contributed by atoms with Crippen LogP contribution in [0.25, 0.3) is 0 Å². The molecule has 0 spiro atoms. The number of para-hydroxylation sites is 1. The average Bonchev–Trinajstić information content (AvgIpc) is 3.48. The van der Waals surface area contributed by atoms with Gasteiger partial charge in [-0.05, 0) is 50.9 Å². The predicted octanol–water partition coefficient (Wildman–Crippen LogP) is 3.40. The second-order valence-corrected chi connectivity index (χ2v) is 8.56. The number of nitrogens with zero attached hydrogens (tertiary/aromatic N) is 2. The quantitative estimate of drug-likeness (QED) is 0.867. The summed E-state index contributed by atoms with van der Waals surface area (Å²) >= 11 is 0. The van der Waals surface area contributed by atoms with Crippen molar-refractivity contribution in [1.29, 1.82) is 0 Å². The molecule has 0 bridgehead atoms. The smallest absolute Gasteiger partial charge is 0.230 e. The van der Waals surface area contributed by atoms with Gasteiger partial charge in [0.15, 0.2) is 0 Å². The van der Waals surface area contributed by atoms with Crippen molar-refractivity contribution >= 4 is 11.6 Å². The SMILES string of the molecule is Cc1cc(C)cc(C2(C(=O)NCc3ccccc3N3CCN(C)CC3)CC2)c1. The van der Waals surface area contributed by atoms with Gasteiger partial charge in [-0.3, -0.25) is 4.79 Å². The van der Waals surface area contributed by atoms with Gasteiger partial charge < -0.3 is 15.1 Å². The van der Waals surface area contributed by atoms with Crippen LogP contribution in [0.4, 0.5) is 5.69 Å². The van der Waals surface area contributed by atoms with E-state index in [1.165, 1.54) is 27.9 Å². The first-order valence-corrected chi connectivity index (χ1v) is 10.4. The molecule has 2 aliphatic rings. The maximum absolute atomic E-state index is 13.1. The van der Waals surface area contributed by atoms with Gasteiger partial charge in [0, 0.05) is 38.4 Å². The molecule has 4 heteroatoms. The van der Waals surface area contributed by atoms with Crippen LogP contribution in [-0.2, 0) is 16.8 Å². The summed E-state index contributed by atoms with van der Waals surface area (Å²) in [6, 6.07) is 15.0. The predicted molar refractivity (Wildman–Crippen MR) is 115 cm³/mol. The monoisotopic (exact) mass is 377 g/mol. The lowest BCUT2D eigenvalue weighted by atomic mass is 9.92. The third kappa shape index (κ3) is 3.79. The number of hydrogen-bond acceptors (Lipinski definition) is 3. The summed E-state index contributed by atoms with van der Waals surface area (Å²) in [6.07, 6.45) is 1.89. The van der Waals surface area contributed by atoms with Gasteiger partial charge in [0.25, 0.3) is 0 Å². The van der Waals surface area contributed by atoms with Crippen LogP contribution in [0.2, 0.25) is 0 Å². The number of likely N-dealkylation sites (N-methyl/N-ethyl adjacent to an activating group) is 1. The number of hydrogen-bond donors (Lipinski definition) is 1. The molecular formula is C24H31N3O. The van der Waals surface area contributed by atoms with Crippen molar-refractivity contribution < 1.29 is 4.79 Å². The highest BCUT2D eigenvalue weighted by Crippen LogP contribution is 2.49. The standard InChI is InChI=1S/C24H31N3O/c1-18-14-19(2)16-21(15-18)24(8-9-24)23(28)25-17-20-6-4-5-7-22(20)27-12-10-26(3)11-13-27/h4-7,14-16H,8-13,17H2,1-3H3,(H,25,28). The molecule has 4 rings (SSSR count). The molecule has 2 aromatic carbocycles. The van der Waals surface area contributed by atoms with E-state index in [0.717, 1.165) is 39.0 Å². The van der Waals surface area contributed by atoms with E-state index in [0.29, 0.717) is 6.54 Å². The zero-order valence-electron chi connectivity index (χ0n) is 17.3. The summed E-state index contributed by atoms with van der Waals surface area (Å²) < 4.78 is 0. The molecule has 0 unspecified atom stereocenters. The third-order valence-corrected chi connectivity index (χ3v) is 6.23. The summed E-state index contributed by atoms with van der Waals surface area (Å²) in [5, 5.41) is 3.25. The molecule has 148 valence electrons. The maximum Gasteiger partial charge on any atom is 0.230 e. The van der Waals surface area contributed by atoms with E-state index in [2.05, 4.69) is 78.5 Å². The molecule has 0 aromatic heterocycles. The number of carbonyl (C=O) groups excluding carboxylic acids is 1. The Balaban J connectivity index is 1.47. The van der Waals surface area contributed by atoms with Crippen LogP contribution in [0.1, 0.15) is 35.1 Å². The Morgan fingerprint density at radius 3 is 2.29 bits per heavy atom. The minimum atomic E-state index is -0.320. The highest BCUT2D eigenvalue weighted by Gasteiger charge is 2.51. The molecule has 2 aromatic rings. The number of anilines is 1. The zero-order valence-corrected chi connectivity index (χ0v) is 17.3. The molecular weight excluding hydrogens is 346 g/mol. The van der Waals surface area contributed by atoms with Gasteiger partial charge in [-0.15, -0.1) is 0 Å². The summed E-state index contributed by atoms with van der Waals surface area (Å²) in [7, 11) is 2.17. The van der Waals surface area contributed by atoms with Crippen LogP contribution < -0.4 is 10.2 Å². The van der Waals surface area contributed by atoms with Crippen molar-refractivity contribution in [2.75, 3.05) is 38.1 Å². The van der Waals surface area contributed by atoms with Gasteiger partial charge in [0.05, 0.1) is 5.41 Å². The Morgan fingerprint density at radius 2 is 1.64 bits per heavy atom. The number of piperazine rings is 1. The molecule has 1 saturated heterocycles. The fraction of sp³-hybridized carbons (Fsp3) is 0.458. The van der Waals surface area contributed by atoms with E-state index < -0.39 is 0 Å². The number of carbonyl (C=O) groups is 1. The molecule has 0 radical (unpaired) electrons. The van der Waals surface area contributed by atoms with E-state index in [-0.39, 0.29) is 11.3 Å². The van der Waals surface area contributed by atoms with E-state index in [4.69, 9.17) is 0 Å². The van der Waals surface area contributed by atoms with E-state index in [1.54, 1.807) is 0 Å². The first kappa shape index (κ1) is 19.0. The van der Waals surface area contributed by atoms with Crippen molar-refractivity contribution in [3.05, 3.63) is 64.7 Å². The zero-order chi connectivity index (χ0) is 19.7. The number of benzene rings is 2. The Bertz CT molecular complexity index is 844. The van der Waals surface area contributed by atoms with Crippen LogP contribution in [0.3, 0.4) is 0 Å². The molecule has 2 fully saturated rings. The van der Waals surface area contributed by atoms with Crippen molar-refractivity contribution in [2.24, 2.45) is 0 Å². The van der Waals surface area contributed by atoms with Crippen LogP contribution in [0.5, 0.6) is 0 Å². The summed E-state index contributed by atoms with van der Waals surface area (Å²) in [6.45, 7) is 9.04. The normalized spacial score (nSPS) is 18.8. The average molecular weight is 378 g/mol. The molecule has 1 aliphatic heterocycles. The van der Waals surface area contributed by atoms with Crippen LogP contribution >= 0.6 is 0 Å². The number of nitrogens with one attached hydrogen (secondary N) is 1. The molecule has 0 atom stereocenters. The number of rotatable bonds is 5. The molecule has 1 amide bonds. The molecule has 1 N–H and O–H groups in total. The fourth-order valence-corrected chi connectivity index (χ4v) is 4.38. The number of aryl methyl sites for hydroxylation is 2. The second-order valence-electron chi connectivity index (χ2n) is 8.56. The fourth-order valence-electron chi connectivity index (χ4n) is 4.38. The first-order chi connectivity index (χ1) is 13.5. The molecule has 1 saturated carbocycles. The van der Waals surface area contributed by atoms with Crippen molar-refractivity contribution in [3.63, 3.8) is 0 Å². The summed E-state index contributed by atoms with van der Waals surface area (Å²) in [4.78, 5) is 17.9. The van der Waals surface area contributed by atoms with Crippen molar-refractivity contribution in [3.8, 4) is 0 Å². The lowest BCUT2D eigenvalue weighted by molar-refractivity contribution is -0.123. The Hall–Kier alpha value is -2.33. The number of amides is 1. The van der Waals surface area contributed by atoms with Crippen LogP contribution in [0.15, 0.2) is 42.5 Å². The van der Waals surface area contributed by atoms with Gasteiger partial charge in [-0.25, -0.2) is 0 Å². The van der Waals surface area contributed by atoms with Gasteiger partial charge in [0.1, 0.15) is 0 Å². The maximum atomic E-state index is 13.1. The first-order valence-electron chi connectivity index (χ1n) is 10.4. The topological polar surface area (TPSA) is 35.6 Å². The summed E-state index contributed by atoms with van der Waals surface area (Å²) in [5.41, 5.74) is 5.78. The largest absolute Gasteiger partial charge is 0.369 e. The molecule has 4 nitrogen and oxygen atoms in total. The van der Waals surface area contributed by atoms with Gasteiger partial charge in [0.2, 0.25) is 5.91 Å². The Kier molecular flexibility index (Phi) is 5.15. The Labute approximate surface area is 168 Å². The highest BCUT2D eigenvalue weighted by atomic mass is 16.2. The van der Waals surface area contributed by atoms with Crippen LogP contribution in [0, 0.1) is 13.8 Å².